The van der Waals surface area contributed by atoms with E-state index in [0.717, 1.165) is 6.07 Å². The monoisotopic (exact) mass is 245 g/mol. The van der Waals surface area contributed by atoms with Gasteiger partial charge in [-0.15, -0.1) is 11.6 Å². The molecule has 3 nitrogen and oxygen atoms in total. The summed E-state index contributed by atoms with van der Waals surface area (Å²) in [5.41, 5.74) is -0.0960. The first-order valence-electron chi connectivity index (χ1n) is 4.93. The van der Waals surface area contributed by atoms with Gasteiger partial charge < -0.3 is 10.4 Å². The van der Waals surface area contributed by atoms with E-state index < -0.39 is 11.7 Å². The number of rotatable bonds is 4. The fraction of sp³-hybridized carbons (Fsp3) is 0.364. The maximum absolute atomic E-state index is 13.3. The van der Waals surface area contributed by atoms with Crippen LogP contribution in [0.1, 0.15) is 23.7 Å². The fourth-order valence-electron chi connectivity index (χ4n) is 1.20. The highest BCUT2D eigenvalue weighted by Gasteiger charge is 2.15. The second kappa shape index (κ2) is 5.70. The number of carbonyl (C=O) groups is 1. The van der Waals surface area contributed by atoms with Gasteiger partial charge in [0, 0.05) is 18.0 Å². The molecule has 1 rings (SSSR count). The van der Waals surface area contributed by atoms with Crippen LogP contribution >= 0.6 is 11.6 Å². The SMILES string of the molecule is CCC(CCl)NC(=O)c1ccc(O)cc1F. The van der Waals surface area contributed by atoms with Crippen molar-refractivity contribution in [3.63, 3.8) is 0 Å². The quantitative estimate of drug-likeness (QED) is 0.800. The van der Waals surface area contributed by atoms with Crippen LogP contribution in [0.2, 0.25) is 0 Å². The third-order valence-corrected chi connectivity index (χ3v) is 2.58. The maximum Gasteiger partial charge on any atom is 0.254 e. The van der Waals surface area contributed by atoms with Crippen molar-refractivity contribution >= 4 is 17.5 Å². The van der Waals surface area contributed by atoms with Gasteiger partial charge in [-0.3, -0.25) is 4.79 Å². The average Bonchev–Trinajstić information content (AvgIpc) is 2.25. The van der Waals surface area contributed by atoms with Crippen LogP contribution in [-0.4, -0.2) is 22.9 Å². The molecule has 0 saturated heterocycles. The van der Waals surface area contributed by atoms with Crippen molar-refractivity contribution in [2.24, 2.45) is 0 Å². The number of benzene rings is 1. The predicted molar refractivity (Wildman–Crippen MR) is 60.3 cm³/mol. The van der Waals surface area contributed by atoms with E-state index in [-0.39, 0.29) is 23.2 Å². The molecule has 1 amide bonds. The summed E-state index contributed by atoms with van der Waals surface area (Å²) < 4.78 is 13.3. The summed E-state index contributed by atoms with van der Waals surface area (Å²) in [6, 6.07) is 3.22. The molecule has 88 valence electrons. The minimum Gasteiger partial charge on any atom is -0.508 e. The summed E-state index contributed by atoms with van der Waals surface area (Å²) >= 11 is 5.62. The number of phenols is 1. The van der Waals surface area contributed by atoms with E-state index in [4.69, 9.17) is 16.7 Å². The molecule has 0 fully saturated rings. The molecule has 5 heteroatoms. The molecule has 1 atom stereocenters. The Labute approximate surface area is 98.2 Å². The predicted octanol–water partition coefficient (Wildman–Crippen LogP) is 2.28. The van der Waals surface area contributed by atoms with Crippen LogP contribution in [-0.2, 0) is 0 Å². The number of amides is 1. The lowest BCUT2D eigenvalue weighted by Gasteiger charge is -2.13. The van der Waals surface area contributed by atoms with E-state index in [0.29, 0.717) is 6.42 Å². The number of hydrogen-bond acceptors (Lipinski definition) is 2. The molecule has 0 saturated carbocycles. The van der Waals surface area contributed by atoms with Crippen molar-refractivity contribution in [3.05, 3.63) is 29.6 Å². The lowest BCUT2D eigenvalue weighted by Crippen LogP contribution is -2.36. The summed E-state index contributed by atoms with van der Waals surface area (Å²) in [5.74, 6) is -1.20. The highest BCUT2D eigenvalue weighted by atomic mass is 35.5. The van der Waals surface area contributed by atoms with Crippen molar-refractivity contribution in [2.45, 2.75) is 19.4 Å². The topological polar surface area (TPSA) is 49.3 Å². The molecule has 1 aromatic rings. The van der Waals surface area contributed by atoms with Crippen molar-refractivity contribution in [1.82, 2.24) is 5.32 Å². The van der Waals surface area contributed by atoms with Gasteiger partial charge in [0.15, 0.2) is 0 Å². The van der Waals surface area contributed by atoms with Gasteiger partial charge in [0.25, 0.3) is 5.91 Å². The van der Waals surface area contributed by atoms with Gasteiger partial charge >= 0.3 is 0 Å². The van der Waals surface area contributed by atoms with Crippen LogP contribution < -0.4 is 5.32 Å². The van der Waals surface area contributed by atoms with Gasteiger partial charge in [-0.2, -0.15) is 0 Å². The van der Waals surface area contributed by atoms with Gasteiger partial charge in [-0.1, -0.05) is 6.92 Å². The molecule has 0 heterocycles. The van der Waals surface area contributed by atoms with Crippen LogP contribution in [0.3, 0.4) is 0 Å². The van der Waals surface area contributed by atoms with Crippen LogP contribution in [0, 0.1) is 5.82 Å². The third kappa shape index (κ3) is 3.10. The first kappa shape index (κ1) is 12.8. The molecule has 0 radical (unpaired) electrons. The van der Waals surface area contributed by atoms with Gasteiger partial charge in [0.05, 0.1) is 5.56 Å². The number of halogens is 2. The number of hydrogen-bond donors (Lipinski definition) is 2. The Morgan fingerprint density at radius 3 is 2.81 bits per heavy atom. The van der Waals surface area contributed by atoms with E-state index in [1.807, 2.05) is 6.92 Å². The zero-order chi connectivity index (χ0) is 12.1. The molecular formula is C11H13ClFNO2. The second-order valence-corrected chi connectivity index (χ2v) is 3.71. The highest BCUT2D eigenvalue weighted by molar-refractivity contribution is 6.18. The molecule has 16 heavy (non-hydrogen) atoms. The molecule has 0 aliphatic carbocycles. The zero-order valence-electron chi connectivity index (χ0n) is 8.84. The average molecular weight is 246 g/mol. The summed E-state index contributed by atoms with van der Waals surface area (Å²) in [5, 5.41) is 11.6. The van der Waals surface area contributed by atoms with Gasteiger partial charge in [-0.05, 0) is 18.6 Å². The Morgan fingerprint density at radius 1 is 1.62 bits per heavy atom. The van der Waals surface area contributed by atoms with Crippen molar-refractivity contribution in [1.29, 1.82) is 0 Å². The van der Waals surface area contributed by atoms with Gasteiger partial charge in [0.2, 0.25) is 0 Å². The van der Waals surface area contributed by atoms with Crippen LogP contribution in [0.15, 0.2) is 18.2 Å². The fourth-order valence-corrected chi connectivity index (χ4v) is 1.50. The summed E-state index contributed by atoms with van der Waals surface area (Å²) in [6.07, 6.45) is 0.676. The van der Waals surface area contributed by atoms with Crippen LogP contribution in [0.5, 0.6) is 5.75 Å². The van der Waals surface area contributed by atoms with Crippen molar-refractivity contribution < 1.29 is 14.3 Å². The van der Waals surface area contributed by atoms with Crippen LogP contribution in [0.25, 0.3) is 0 Å². The van der Waals surface area contributed by atoms with E-state index in [1.54, 1.807) is 0 Å². The number of aromatic hydroxyl groups is 1. The lowest BCUT2D eigenvalue weighted by atomic mass is 10.1. The molecule has 0 spiro atoms. The van der Waals surface area contributed by atoms with Crippen molar-refractivity contribution in [3.8, 4) is 5.75 Å². The Balaban J connectivity index is 2.80. The molecule has 2 N–H and O–H groups in total. The molecular weight excluding hydrogens is 233 g/mol. The maximum atomic E-state index is 13.3. The highest BCUT2D eigenvalue weighted by Crippen LogP contribution is 2.15. The van der Waals surface area contributed by atoms with E-state index in [9.17, 15) is 9.18 Å². The molecule has 1 aromatic carbocycles. The Morgan fingerprint density at radius 2 is 2.31 bits per heavy atom. The normalized spacial score (nSPS) is 12.2. The molecule has 0 aliphatic heterocycles. The minimum absolute atomic E-state index is 0.0960. The van der Waals surface area contributed by atoms with Crippen molar-refractivity contribution in [2.75, 3.05) is 5.88 Å². The smallest absolute Gasteiger partial charge is 0.254 e. The summed E-state index contributed by atoms with van der Waals surface area (Å²) in [4.78, 5) is 11.6. The Kier molecular flexibility index (Phi) is 4.55. The number of phenolic OH excluding ortho intramolecular Hbond substituents is 1. The van der Waals surface area contributed by atoms with Crippen LogP contribution in [0.4, 0.5) is 4.39 Å². The van der Waals surface area contributed by atoms with Gasteiger partial charge in [-0.25, -0.2) is 4.39 Å². The largest absolute Gasteiger partial charge is 0.508 e. The molecule has 0 bridgehead atoms. The number of carbonyl (C=O) groups excluding carboxylic acids is 1. The first-order chi connectivity index (χ1) is 7.58. The molecule has 0 aromatic heterocycles. The molecule has 0 aliphatic rings. The minimum atomic E-state index is -0.748. The van der Waals surface area contributed by atoms with E-state index in [2.05, 4.69) is 5.32 Å². The molecule has 1 unspecified atom stereocenters. The zero-order valence-corrected chi connectivity index (χ0v) is 9.59. The Hall–Kier alpha value is -1.29. The van der Waals surface area contributed by atoms with E-state index >= 15 is 0 Å². The summed E-state index contributed by atoms with van der Waals surface area (Å²) in [7, 11) is 0. The number of alkyl halides is 1. The van der Waals surface area contributed by atoms with E-state index in [1.165, 1.54) is 12.1 Å². The summed E-state index contributed by atoms with van der Waals surface area (Å²) in [6.45, 7) is 1.88. The second-order valence-electron chi connectivity index (χ2n) is 3.40. The van der Waals surface area contributed by atoms with Gasteiger partial charge in [0.1, 0.15) is 11.6 Å². The third-order valence-electron chi connectivity index (χ3n) is 2.21. The lowest BCUT2D eigenvalue weighted by molar-refractivity contribution is 0.0935. The number of nitrogens with one attached hydrogen (secondary N) is 1. The Bertz CT molecular complexity index is 380. The first-order valence-corrected chi connectivity index (χ1v) is 5.47. The standard InChI is InChI=1S/C11H13ClFNO2/c1-2-7(6-12)14-11(16)9-4-3-8(15)5-10(9)13/h3-5,7,15H,2,6H2,1H3,(H,14,16).